The van der Waals surface area contributed by atoms with Gasteiger partial charge in [0.25, 0.3) is 0 Å². The summed E-state index contributed by atoms with van der Waals surface area (Å²) in [6, 6.07) is 24.3. The van der Waals surface area contributed by atoms with E-state index in [-0.39, 0.29) is 0 Å². The number of nitrogen functional groups attached to an aromatic ring is 1. The van der Waals surface area contributed by atoms with Crippen molar-refractivity contribution in [1.29, 1.82) is 0 Å². The maximum atomic E-state index is 5.89. The molecular weight excluding hydrogens is 382 g/mol. The van der Waals surface area contributed by atoms with Crippen LogP contribution in [0.5, 0.6) is 0 Å². The lowest BCUT2D eigenvalue weighted by Gasteiger charge is -2.02. The molecule has 0 aliphatic carbocycles. The van der Waals surface area contributed by atoms with Gasteiger partial charge in [0.15, 0.2) is 0 Å². The third-order valence-corrected chi connectivity index (χ3v) is 5.39. The van der Waals surface area contributed by atoms with E-state index >= 15 is 0 Å². The molecule has 0 amide bonds. The molecule has 0 unspecified atom stereocenters. The van der Waals surface area contributed by atoms with Crippen molar-refractivity contribution < 1.29 is 0 Å². The smallest absolute Gasteiger partial charge is 0.0737 e. The number of hydrogen-bond donors (Lipinski definition) is 3. The van der Waals surface area contributed by atoms with Crippen LogP contribution in [0.1, 0.15) is 28.3 Å². The summed E-state index contributed by atoms with van der Waals surface area (Å²) in [4.78, 5) is 16.5. The molecule has 5 nitrogen and oxygen atoms in total. The fourth-order valence-corrected chi connectivity index (χ4v) is 3.91. The lowest BCUT2D eigenvalue weighted by molar-refractivity contribution is 1.27. The number of benzene rings is 1. The summed E-state index contributed by atoms with van der Waals surface area (Å²) in [7, 11) is 0. The van der Waals surface area contributed by atoms with Crippen molar-refractivity contribution in [3.63, 3.8) is 0 Å². The minimum absolute atomic E-state index is 0.742. The Labute approximate surface area is 178 Å². The van der Waals surface area contributed by atoms with Gasteiger partial charge in [0.2, 0.25) is 0 Å². The Morgan fingerprint density at radius 2 is 1.16 bits per heavy atom. The molecular formula is C26H19N5. The molecule has 0 radical (unpaired) electrons. The van der Waals surface area contributed by atoms with Crippen LogP contribution in [0.4, 0.5) is 5.69 Å². The zero-order chi connectivity index (χ0) is 20.8. The van der Waals surface area contributed by atoms with Crippen LogP contribution >= 0.6 is 0 Å². The van der Waals surface area contributed by atoms with Crippen LogP contribution < -0.4 is 5.73 Å². The molecule has 0 fully saturated rings. The summed E-state index contributed by atoms with van der Waals surface area (Å²) in [5.74, 6) is 0. The molecule has 3 aromatic heterocycles. The van der Waals surface area contributed by atoms with E-state index in [2.05, 4.69) is 52.4 Å². The van der Waals surface area contributed by atoms with E-state index in [9.17, 15) is 0 Å². The molecule has 6 rings (SSSR count). The average molecular weight is 401 g/mol. The maximum absolute atomic E-state index is 5.89. The van der Waals surface area contributed by atoms with Gasteiger partial charge in [0.1, 0.15) is 0 Å². The number of fused-ring (bicyclic) bond motifs is 8. The van der Waals surface area contributed by atoms with Crippen molar-refractivity contribution >= 4 is 51.6 Å². The van der Waals surface area contributed by atoms with Gasteiger partial charge in [-0.15, -0.1) is 0 Å². The van der Waals surface area contributed by atoms with E-state index in [0.29, 0.717) is 0 Å². The summed E-state index contributed by atoms with van der Waals surface area (Å²) in [6.45, 7) is 0. The van der Waals surface area contributed by atoms with E-state index in [1.165, 1.54) is 0 Å². The summed E-state index contributed by atoms with van der Waals surface area (Å²) in [5.41, 5.74) is 16.4. The zero-order valence-corrected chi connectivity index (χ0v) is 16.6. The van der Waals surface area contributed by atoms with Crippen LogP contribution in [0.15, 0.2) is 72.8 Å². The predicted octanol–water partition coefficient (Wildman–Crippen LogP) is 5.66. The van der Waals surface area contributed by atoms with Crippen molar-refractivity contribution in [2.24, 2.45) is 0 Å². The molecule has 31 heavy (non-hydrogen) atoms. The Morgan fingerprint density at radius 1 is 0.581 bits per heavy atom. The van der Waals surface area contributed by atoms with Crippen LogP contribution in [0.25, 0.3) is 45.9 Å². The van der Waals surface area contributed by atoms with Crippen LogP contribution in [0, 0.1) is 0 Å². The molecule has 0 saturated heterocycles. The maximum Gasteiger partial charge on any atom is 0.0737 e. The minimum Gasteiger partial charge on any atom is -0.399 e. The second kappa shape index (κ2) is 6.85. The highest BCUT2D eigenvalue weighted by atomic mass is 14.8. The number of aromatic amines is 2. The topological polar surface area (TPSA) is 83.4 Å². The fraction of sp³-hybridized carbons (Fsp3) is 0. The van der Waals surface area contributed by atoms with Crippen LogP contribution in [-0.4, -0.2) is 19.9 Å². The molecule has 1 aromatic carbocycles. The second-order valence-corrected chi connectivity index (χ2v) is 7.71. The normalized spacial score (nSPS) is 12.7. The monoisotopic (exact) mass is 401 g/mol. The summed E-state index contributed by atoms with van der Waals surface area (Å²) in [5, 5.41) is 0. The number of nitrogens with one attached hydrogen (secondary N) is 2. The number of anilines is 1. The van der Waals surface area contributed by atoms with Crippen molar-refractivity contribution in [3.05, 3.63) is 101 Å². The quantitative estimate of drug-likeness (QED) is 0.311. The Hall–Kier alpha value is -4.38. The van der Waals surface area contributed by atoms with E-state index in [1.54, 1.807) is 0 Å². The molecule has 5 heteroatoms. The molecule has 2 aliphatic rings. The molecule has 0 spiro atoms. The van der Waals surface area contributed by atoms with Crippen LogP contribution in [-0.2, 0) is 0 Å². The zero-order valence-electron chi connectivity index (χ0n) is 16.6. The van der Waals surface area contributed by atoms with Crippen molar-refractivity contribution in [2.45, 2.75) is 0 Å². The van der Waals surface area contributed by atoms with Crippen molar-refractivity contribution in [3.8, 4) is 0 Å². The molecule has 5 heterocycles. The molecule has 4 aromatic rings. The fourth-order valence-electron chi connectivity index (χ4n) is 3.91. The first-order chi connectivity index (χ1) is 15.2. The minimum atomic E-state index is 0.742. The lowest BCUT2D eigenvalue weighted by atomic mass is 10.0. The van der Waals surface area contributed by atoms with Gasteiger partial charge in [-0.05, 0) is 84.5 Å². The van der Waals surface area contributed by atoms with Gasteiger partial charge >= 0.3 is 0 Å². The van der Waals surface area contributed by atoms with Crippen molar-refractivity contribution in [2.75, 3.05) is 5.73 Å². The van der Waals surface area contributed by atoms with Gasteiger partial charge in [0.05, 0.1) is 22.8 Å². The van der Waals surface area contributed by atoms with Crippen LogP contribution in [0.2, 0.25) is 0 Å². The predicted molar refractivity (Wildman–Crippen MR) is 128 cm³/mol. The third kappa shape index (κ3) is 3.42. The van der Waals surface area contributed by atoms with Gasteiger partial charge in [-0.25, -0.2) is 9.97 Å². The lowest BCUT2D eigenvalue weighted by Crippen LogP contribution is -1.88. The number of nitrogens with two attached hydrogens (primary N) is 1. The number of nitrogens with zero attached hydrogens (tertiary/aromatic N) is 2. The van der Waals surface area contributed by atoms with E-state index in [0.717, 1.165) is 61.7 Å². The summed E-state index contributed by atoms with van der Waals surface area (Å²) >= 11 is 0. The largest absolute Gasteiger partial charge is 0.399 e. The first-order valence-electron chi connectivity index (χ1n) is 10.1. The Kier molecular flexibility index (Phi) is 3.86. The van der Waals surface area contributed by atoms with E-state index in [1.807, 2.05) is 48.6 Å². The van der Waals surface area contributed by atoms with Gasteiger partial charge < -0.3 is 15.7 Å². The molecule has 8 bridgehead atoms. The van der Waals surface area contributed by atoms with E-state index in [4.69, 9.17) is 15.7 Å². The molecule has 2 aliphatic heterocycles. The van der Waals surface area contributed by atoms with Crippen molar-refractivity contribution in [1.82, 2.24) is 19.9 Å². The Balaban J connectivity index is 1.63. The number of H-pyrrole nitrogens is 2. The molecule has 4 N–H and O–H groups in total. The standard InChI is InChI=1S/C26H19N5/c27-17-3-1-16(2-4-17)25-14-24-13-22-8-7-20(29-22)11-18-5-6-19(28-18)12-21-9-10-23(30-21)15-26(25)31-24/h1-15,28-29H,27H2. The molecule has 148 valence electrons. The number of hydrogen-bond acceptors (Lipinski definition) is 3. The summed E-state index contributed by atoms with van der Waals surface area (Å²) in [6.07, 6.45) is 6.14. The Morgan fingerprint density at radius 3 is 1.84 bits per heavy atom. The first-order valence-corrected chi connectivity index (χ1v) is 10.1. The summed E-state index contributed by atoms with van der Waals surface area (Å²) < 4.78 is 0. The molecule has 0 saturated carbocycles. The van der Waals surface area contributed by atoms with Gasteiger partial charge in [-0.3, -0.25) is 0 Å². The highest BCUT2D eigenvalue weighted by Gasteiger charge is 2.13. The third-order valence-electron chi connectivity index (χ3n) is 5.39. The average Bonchev–Trinajstić information content (AvgIpc) is 3.54. The highest BCUT2D eigenvalue weighted by Crippen LogP contribution is 2.29. The highest BCUT2D eigenvalue weighted by molar-refractivity contribution is 5.93. The molecule has 0 atom stereocenters. The van der Waals surface area contributed by atoms with Gasteiger partial charge in [-0.1, -0.05) is 12.1 Å². The first kappa shape index (κ1) is 17.5. The SMILES string of the molecule is Nc1ccc(C2=Cc3cc4ccc(cc5ccc(cc6nc(cc2n3)C=C6)[nH]5)[nH]4)cc1. The van der Waals surface area contributed by atoms with Gasteiger partial charge in [-0.2, -0.15) is 0 Å². The van der Waals surface area contributed by atoms with E-state index < -0.39 is 0 Å². The Bertz CT molecular complexity index is 1530. The van der Waals surface area contributed by atoms with Crippen LogP contribution in [0.3, 0.4) is 0 Å². The number of rotatable bonds is 1. The second-order valence-electron chi connectivity index (χ2n) is 7.71. The van der Waals surface area contributed by atoms with Gasteiger partial charge in [0, 0.05) is 33.3 Å². The number of aromatic nitrogens is 4.